The van der Waals surface area contributed by atoms with Gasteiger partial charge in [0.2, 0.25) is 0 Å². The first-order valence-corrected chi connectivity index (χ1v) is 9.37. The summed E-state index contributed by atoms with van der Waals surface area (Å²) in [7, 11) is 0. The molecular formula is C19H20BrN3O5. The Balaban J connectivity index is 1.84. The summed E-state index contributed by atoms with van der Waals surface area (Å²) < 4.78 is 6.21. The molecule has 2 amide bonds. The highest BCUT2D eigenvalue weighted by Crippen LogP contribution is 2.30. The second kappa shape index (κ2) is 9.84. The van der Waals surface area contributed by atoms with Gasteiger partial charge < -0.3 is 4.74 Å². The minimum Gasteiger partial charge on any atom is -0.483 e. The molecule has 1 atom stereocenters. The topological polar surface area (TPSA) is 111 Å². The highest BCUT2D eigenvalue weighted by molar-refractivity contribution is 9.10. The van der Waals surface area contributed by atoms with E-state index in [1.165, 1.54) is 29.8 Å². The van der Waals surface area contributed by atoms with E-state index in [0.29, 0.717) is 11.7 Å². The molecule has 0 aromatic heterocycles. The summed E-state index contributed by atoms with van der Waals surface area (Å²) in [5.41, 5.74) is 5.68. The molecule has 1 unspecified atom stereocenters. The number of halogens is 1. The Morgan fingerprint density at radius 2 is 1.86 bits per heavy atom. The van der Waals surface area contributed by atoms with E-state index in [0.717, 1.165) is 10.9 Å². The summed E-state index contributed by atoms with van der Waals surface area (Å²) in [4.78, 5) is 33.9. The van der Waals surface area contributed by atoms with Crippen molar-refractivity contribution in [2.75, 3.05) is 6.61 Å². The zero-order valence-electron chi connectivity index (χ0n) is 15.4. The van der Waals surface area contributed by atoms with E-state index in [1.54, 1.807) is 6.07 Å². The Morgan fingerprint density at radius 1 is 1.18 bits per heavy atom. The number of nitrogens with zero attached hydrogens (tertiary/aromatic N) is 1. The Hall–Kier alpha value is -2.94. The standard InChI is InChI=1S/C19H20BrN3O5/c1-3-12(2)14-6-9-17(16(20)10-14)28-11-18(24)21-22-19(25)13-4-7-15(8-5-13)23(26)27/h4-10,12H,3,11H2,1-2H3,(H,21,24)(H,22,25). The zero-order chi connectivity index (χ0) is 20.7. The SMILES string of the molecule is CCC(C)c1ccc(OCC(=O)NNC(=O)c2ccc([N+](=O)[O-])cc2)c(Br)c1. The Kier molecular flexibility index (Phi) is 7.51. The number of hydrogen-bond donors (Lipinski definition) is 2. The number of benzene rings is 2. The fourth-order valence-corrected chi connectivity index (χ4v) is 2.80. The summed E-state index contributed by atoms with van der Waals surface area (Å²) in [6.45, 7) is 3.95. The molecule has 0 saturated heterocycles. The van der Waals surface area contributed by atoms with Gasteiger partial charge in [-0.25, -0.2) is 0 Å². The van der Waals surface area contributed by atoms with Gasteiger partial charge in [-0.1, -0.05) is 19.9 Å². The lowest BCUT2D eigenvalue weighted by atomic mass is 9.99. The van der Waals surface area contributed by atoms with E-state index >= 15 is 0 Å². The predicted octanol–water partition coefficient (Wildman–Crippen LogP) is 3.71. The third-order valence-electron chi connectivity index (χ3n) is 4.15. The number of non-ortho nitro benzene ring substituents is 1. The fraction of sp³-hybridized carbons (Fsp3) is 0.263. The summed E-state index contributed by atoms with van der Waals surface area (Å²) in [6, 6.07) is 10.7. The van der Waals surface area contributed by atoms with Crippen molar-refractivity contribution >= 4 is 33.4 Å². The average Bonchev–Trinajstić information content (AvgIpc) is 2.70. The largest absolute Gasteiger partial charge is 0.483 e. The number of hydrogen-bond acceptors (Lipinski definition) is 5. The van der Waals surface area contributed by atoms with Crippen molar-refractivity contribution in [2.24, 2.45) is 0 Å². The lowest BCUT2D eigenvalue weighted by molar-refractivity contribution is -0.384. The van der Waals surface area contributed by atoms with Gasteiger partial charge in [0.15, 0.2) is 6.61 Å². The van der Waals surface area contributed by atoms with Crippen molar-refractivity contribution < 1.29 is 19.2 Å². The molecule has 8 nitrogen and oxygen atoms in total. The molecule has 0 aliphatic heterocycles. The van der Waals surface area contributed by atoms with Gasteiger partial charge in [0.25, 0.3) is 17.5 Å². The molecule has 0 radical (unpaired) electrons. The zero-order valence-corrected chi connectivity index (χ0v) is 17.0. The van der Waals surface area contributed by atoms with Crippen LogP contribution in [0.2, 0.25) is 0 Å². The van der Waals surface area contributed by atoms with Crippen molar-refractivity contribution in [3.8, 4) is 5.75 Å². The Morgan fingerprint density at radius 3 is 2.43 bits per heavy atom. The quantitative estimate of drug-likeness (QED) is 0.494. The molecule has 0 aliphatic rings. The number of rotatable bonds is 7. The van der Waals surface area contributed by atoms with Crippen molar-refractivity contribution in [1.82, 2.24) is 10.9 Å². The Bertz CT molecular complexity index is 870. The number of nitro groups is 1. The first-order valence-electron chi connectivity index (χ1n) is 8.57. The molecule has 2 aromatic carbocycles. The Labute approximate surface area is 170 Å². The maximum absolute atomic E-state index is 11.9. The summed E-state index contributed by atoms with van der Waals surface area (Å²) in [6.07, 6.45) is 1.02. The molecule has 2 N–H and O–H groups in total. The van der Waals surface area contributed by atoms with Crippen LogP contribution in [0, 0.1) is 10.1 Å². The number of amides is 2. The van der Waals surface area contributed by atoms with Crippen LogP contribution in [0.4, 0.5) is 5.69 Å². The van der Waals surface area contributed by atoms with Gasteiger partial charge >= 0.3 is 0 Å². The lowest BCUT2D eigenvalue weighted by Crippen LogP contribution is -2.43. The molecule has 0 spiro atoms. The van der Waals surface area contributed by atoms with Crippen LogP contribution in [0.5, 0.6) is 5.75 Å². The lowest BCUT2D eigenvalue weighted by Gasteiger charge is -2.13. The van der Waals surface area contributed by atoms with Crippen LogP contribution in [0.3, 0.4) is 0 Å². The number of carbonyl (C=O) groups is 2. The predicted molar refractivity (Wildman–Crippen MR) is 107 cm³/mol. The minimum atomic E-state index is -0.595. The second-order valence-electron chi connectivity index (χ2n) is 6.09. The fourth-order valence-electron chi connectivity index (χ4n) is 2.29. The molecule has 0 heterocycles. The highest BCUT2D eigenvalue weighted by atomic mass is 79.9. The molecule has 0 aliphatic carbocycles. The number of nitro benzene ring substituents is 1. The maximum atomic E-state index is 11.9. The third kappa shape index (κ3) is 5.78. The van der Waals surface area contributed by atoms with Gasteiger partial charge in [0.05, 0.1) is 9.40 Å². The first-order chi connectivity index (χ1) is 13.3. The van der Waals surface area contributed by atoms with Crippen LogP contribution in [0.1, 0.15) is 42.1 Å². The molecule has 0 bridgehead atoms. The van der Waals surface area contributed by atoms with E-state index in [2.05, 4.69) is 40.6 Å². The second-order valence-corrected chi connectivity index (χ2v) is 6.95. The third-order valence-corrected chi connectivity index (χ3v) is 4.77. The molecular weight excluding hydrogens is 430 g/mol. The number of carbonyl (C=O) groups excluding carboxylic acids is 2. The van der Waals surface area contributed by atoms with Crippen molar-refractivity contribution in [2.45, 2.75) is 26.2 Å². The molecule has 148 valence electrons. The van der Waals surface area contributed by atoms with Gasteiger partial charge in [-0.2, -0.15) is 0 Å². The summed E-state index contributed by atoms with van der Waals surface area (Å²) in [5.74, 6) is -0.206. The van der Waals surface area contributed by atoms with Crippen LogP contribution in [0.25, 0.3) is 0 Å². The van der Waals surface area contributed by atoms with Gasteiger partial charge in [0, 0.05) is 17.7 Å². The first kappa shape index (κ1) is 21.4. The van der Waals surface area contributed by atoms with Gasteiger partial charge in [-0.05, 0) is 58.1 Å². The summed E-state index contributed by atoms with van der Waals surface area (Å²) in [5, 5.41) is 10.6. The number of nitrogens with one attached hydrogen (secondary N) is 2. The molecule has 2 aromatic rings. The smallest absolute Gasteiger partial charge is 0.276 e. The number of hydrazine groups is 1. The van der Waals surface area contributed by atoms with Crippen molar-refractivity contribution in [3.05, 3.63) is 68.2 Å². The van der Waals surface area contributed by atoms with Gasteiger partial charge in [-0.15, -0.1) is 0 Å². The molecule has 2 rings (SSSR count). The van der Waals surface area contributed by atoms with Crippen LogP contribution in [-0.2, 0) is 4.79 Å². The van der Waals surface area contributed by atoms with E-state index in [-0.39, 0.29) is 17.9 Å². The van der Waals surface area contributed by atoms with E-state index in [1.807, 2.05) is 12.1 Å². The van der Waals surface area contributed by atoms with E-state index in [4.69, 9.17) is 4.74 Å². The summed E-state index contributed by atoms with van der Waals surface area (Å²) >= 11 is 3.43. The molecule has 28 heavy (non-hydrogen) atoms. The highest BCUT2D eigenvalue weighted by Gasteiger charge is 2.12. The molecule has 0 saturated carbocycles. The average molecular weight is 450 g/mol. The van der Waals surface area contributed by atoms with Crippen LogP contribution in [-0.4, -0.2) is 23.3 Å². The van der Waals surface area contributed by atoms with Crippen molar-refractivity contribution in [3.63, 3.8) is 0 Å². The molecule has 0 fully saturated rings. The number of ether oxygens (including phenoxy) is 1. The van der Waals surface area contributed by atoms with Gasteiger partial charge in [0.1, 0.15) is 5.75 Å². The van der Waals surface area contributed by atoms with Crippen LogP contribution >= 0.6 is 15.9 Å². The van der Waals surface area contributed by atoms with Crippen LogP contribution < -0.4 is 15.6 Å². The van der Waals surface area contributed by atoms with Crippen molar-refractivity contribution in [1.29, 1.82) is 0 Å². The molecule has 9 heteroatoms. The van der Waals surface area contributed by atoms with E-state index < -0.39 is 16.7 Å². The maximum Gasteiger partial charge on any atom is 0.276 e. The monoisotopic (exact) mass is 449 g/mol. The van der Waals surface area contributed by atoms with E-state index in [9.17, 15) is 19.7 Å². The normalized spacial score (nSPS) is 11.4. The van der Waals surface area contributed by atoms with Gasteiger partial charge in [-0.3, -0.25) is 30.6 Å². The minimum absolute atomic E-state index is 0.126. The van der Waals surface area contributed by atoms with Crippen LogP contribution in [0.15, 0.2) is 46.9 Å².